The fraction of sp³-hybridized carbons (Fsp3) is 0.571. The second-order valence-corrected chi connectivity index (χ2v) is 7.01. The summed E-state index contributed by atoms with van der Waals surface area (Å²) in [7, 11) is 0. The Balaban J connectivity index is 2.01. The summed E-state index contributed by atoms with van der Waals surface area (Å²) < 4.78 is 0. The summed E-state index contributed by atoms with van der Waals surface area (Å²) in [5.41, 5.74) is 0. The molecule has 2 atom stereocenters. The average molecular weight is 281 g/mol. The Morgan fingerprint density at radius 3 is 2.94 bits per heavy atom. The zero-order valence-corrected chi connectivity index (χ0v) is 12.3. The Morgan fingerprint density at radius 2 is 2.17 bits per heavy atom. The van der Waals surface area contributed by atoms with E-state index >= 15 is 0 Å². The molecule has 3 rings (SSSR count). The van der Waals surface area contributed by atoms with Crippen molar-refractivity contribution in [1.82, 2.24) is 9.97 Å². The molecule has 0 bridgehead atoms. The molecule has 2 aromatic rings. The van der Waals surface area contributed by atoms with Gasteiger partial charge in [-0.05, 0) is 31.7 Å². The van der Waals surface area contributed by atoms with Crippen molar-refractivity contribution in [2.75, 3.05) is 0 Å². The van der Waals surface area contributed by atoms with E-state index in [9.17, 15) is 0 Å². The predicted octanol–water partition coefficient (Wildman–Crippen LogP) is 4.95. The molecule has 1 aliphatic rings. The van der Waals surface area contributed by atoms with Crippen molar-refractivity contribution in [3.8, 4) is 0 Å². The van der Waals surface area contributed by atoms with Gasteiger partial charge in [-0.1, -0.05) is 31.4 Å². The van der Waals surface area contributed by atoms with Crippen LogP contribution in [-0.4, -0.2) is 9.97 Å². The van der Waals surface area contributed by atoms with Crippen molar-refractivity contribution < 1.29 is 0 Å². The van der Waals surface area contributed by atoms with Gasteiger partial charge in [-0.25, -0.2) is 9.97 Å². The number of nitrogens with zero attached hydrogens (tertiary/aromatic N) is 2. The van der Waals surface area contributed by atoms with Gasteiger partial charge in [0.1, 0.15) is 15.8 Å². The summed E-state index contributed by atoms with van der Waals surface area (Å²) in [6.07, 6.45) is 5.03. The van der Waals surface area contributed by atoms with Crippen LogP contribution >= 0.6 is 22.9 Å². The molecule has 0 saturated heterocycles. The maximum absolute atomic E-state index is 6.29. The van der Waals surface area contributed by atoms with Crippen LogP contribution in [0.3, 0.4) is 0 Å². The summed E-state index contributed by atoms with van der Waals surface area (Å²) in [5.74, 6) is 2.24. The van der Waals surface area contributed by atoms with Crippen LogP contribution < -0.4 is 0 Å². The minimum atomic E-state index is 0.498. The molecule has 0 aliphatic heterocycles. The van der Waals surface area contributed by atoms with Crippen molar-refractivity contribution in [2.24, 2.45) is 5.92 Å². The Morgan fingerprint density at radius 1 is 1.33 bits per heavy atom. The fourth-order valence-electron chi connectivity index (χ4n) is 2.87. The van der Waals surface area contributed by atoms with Gasteiger partial charge < -0.3 is 0 Å². The lowest BCUT2D eigenvalue weighted by atomic mass is 9.82. The lowest BCUT2D eigenvalue weighted by Crippen LogP contribution is -2.14. The van der Waals surface area contributed by atoms with Gasteiger partial charge in [0.05, 0.1) is 0 Å². The third kappa shape index (κ3) is 2.26. The molecule has 1 saturated carbocycles. The van der Waals surface area contributed by atoms with Crippen molar-refractivity contribution in [1.29, 1.82) is 0 Å². The van der Waals surface area contributed by atoms with Gasteiger partial charge in [-0.3, -0.25) is 0 Å². The molecule has 0 spiro atoms. The van der Waals surface area contributed by atoms with Gasteiger partial charge in [0, 0.05) is 16.2 Å². The first kappa shape index (κ1) is 12.4. The molecule has 2 nitrogen and oxygen atoms in total. The molecule has 2 aromatic heterocycles. The molecule has 0 amide bonds. The number of hydrogen-bond acceptors (Lipinski definition) is 3. The minimum Gasteiger partial charge on any atom is -0.222 e. The Labute approximate surface area is 116 Å². The van der Waals surface area contributed by atoms with Crippen LogP contribution in [0.1, 0.15) is 49.2 Å². The highest BCUT2D eigenvalue weighted by Gasteiger charge is 2.23. The van der Waals surface area contributed by atoms with Crippen LogP contribution in [0.15, 0.2) is 6.07 Å². The van der Waals surface area contributed by atoms with Gasteiger partial charge in [-0.2, -0.15) is 0 Å². The number of fused-ring (bicyclic) bond motifs is 1. The quantitative estimate of drug-likeness (QED) is 0.691. The van der Waals surface area contributed by atoms with Crippen LogP contribution in [0.2, 0.25) is 5.15 Å². The summed E-state index contributed by atoms with van der Waals surface area (Å²) >= 11 is 8.00. The molecule has 18 heavy (non-hydrogen) atoms. The third-order valence-electron chi connectivity index (χ3n) is 3.79. The van der Waals surface area contributed by atoms with Gasteiger partial charge >= 0.3 is 0 Å². The molecule has 2 heterocycles. The zero-order valence-electron chi connectivity index (χ0n) is 10.7. The van der Waals surface area contributed by atoms with Crippen LogP contribution in [0.5, 0.6) is 0 Å². The number of aryl methyl sites for hydroxylation is 1. The lowest BCUT2D eigenvalue weighted by molar-refractivity contribution is 0.336. The average Bonchev–Trinajstić information content (AvgIpc) is 2.70. The topological polar surface area (TPSA) is 25.8 Å². The SMILES string of the molecule is Cc1cc2c(Cl)nc(C3CCCC(C)C3)nc2s1. The summed E-state index contributed by atoms with van der Waals surface area (Å²) in [4.78, 5) is 11.6. The number of rotatable bonds is 1. The van der Waals surface area contributed by atoms with E-state index in [1.165, 1.54) is 30.6 Å². The smallest absolute Gasteiger partial charge is 0.141 e. The Bertz CT molecular complexity index is 578. The molecule has 1 aliphatic carbocycles. The normalized spacial score (nSPS) is 24.6. The van der Waals surface area contributed by atoms with E-state index in [1.807, 2.05) is 0 Å². The second kappa shape index (κ2) is 4.78. The molecule has 0 aromatic carbocycles. The Hall–Kier alpha value is -0.670. The molecule has 2 unspecified atom stereocenters. The van der Waals surface area contributed by atoms with Gasteiger partial charge in [0.15, 0.2) is 0 Å². The first-order valence-electron chi connectivity index (χ1n) is 6.57. The van der Waals surface area contributed by atoms with Crippen LogP contribution in [-0.2, 0) is 0 Å². The number of hydrogen-bond donors (Lipinski definition) is 0. The summed E-state index contributed by atoms with van der Waals surface area (Å²) in [6.45, 7) is 4.41. The first-order chi connectivity index (χ1) is 8.63. The van der Waals surface area contributed by atoms with Crippen molar-refractivity contribution in [2.45, 2.75) is 45.4 Å². The van der Waals surface area contributed by atoms with E-state index in [4.69, 9.17) is 16.6 Å². The number of aromatic nitrogens is 2. The van der Waals surface area contributed by atoms with Crippen LogP contribution in [0.25, 0.3) is 10.2 Å². The number of halogens is 1. The zero-order chi connectivity index (χ0) is 12.7. The monoisotopic (exact) mass is 280 g/mol. The fourth-order valence-corrected chi connectivity index (χ4v) is 4.05. The highest BCUT2D eigenvalue weighted by molar-refractivity contribution is 7.18. The van der Waals surface area contributed by atoms with E-state index in [1.54, 1.807) is 11.3 Å². The largest absolute Gasteiger partial charge is 0.222 e. The van der Waals surface area contributed by atoms with Gasteiger partial charge in [-0.15, -0.1) is 11.3 Å². The van der Waals surface area contributed by atoms with Crippen LogP contribution in [0.4, 0.5) is 0 Å². The minimum absolute atomic E-state index is 0.498. The highest BCUT2D eigenvalue weighted by atomic mass is 35.5. The van der Waals surface area contributed by atoms with Gasteiger partial charge in [0.25, 0.3) is 0 Å². The maximum Gasteiger partial charge on any atom is 0.141 e. The molecule has 0 radical (unpaired) electrons. The van der Waals surface area contributed by atoms with Crippen molar-refractivity contribution >= 4 is 33.2 Å². The van der Waals surface area contributed by atoms with Gasteiger partial charge in [0.2, 0.25) is 0 Å². The third-order valence-corrected chi connectivity index (χ3v) is 5.02. The molecule has 96 valence electrons. The van der Waals surface area contributed by atoms with E-state index in [0.717, 1.165) is 22.0 Å². The van der Waals surface area contributed by atoms with Crippen molar-refractivity contribution in [3.63, 3.8) is 0 Å². The Kier molecular flexibility index (Phi) is 3.29. The lowest BCUT2D eigenvalue weighted by Gasteiger charge is -2.25. The number of thiophene rings is 1. The molecular weight excluding hydrogens is 264 g/mol. The molecular formula is C14H17ClN2S. The maximum atomic E-state index is 6.29. The van der Waals surface area contributed by atoms with E-state index in [0.29, 0.717) is 11.1 Å². The second-order valence-electron chi connectivity index (χ2n) is 5.42. The summed E-state index contributed by atoms with van der Waals surface area (Å²) in [5, 5.41) is 1.63. The summed E-state index contributed by atoms with van der Waals surface area (Å²) in [6, 6.07) is 2.08. The van der Waals surface area contributed by atoms with E-state index < -0.39 is 0 Å². The van der Waals surface area contributed by atoms with Crippen molar-refractivity contribution in [3.05, 3.63) is 21.9 Å². The van der Waals surface area contributed by atoms with E-state index in [2.05, 4.69) is 24.9 Å². The highest BCUT2D eigenvalue weighted by Crippen LogP contribution is 2.37. The first-order valence-corrected chi connectivity index (χ1v) is 7.76. The molecule has 4 heteroatoms. The van der Waals surface area contributed by atoms with Crippen LogP contribution in [0, 0.1) is 12.8 Å². The molecule has 0 N–H and O–H groups in total. The molecule has 1 fully saturated rings. The predicted molar refractivity (Wildman–Crippen MR) is 77.5 cm³/mol. The standard InChI is InChI=1S/C14H17ClN2S/c1-8-4-3-5-10(6-8)13-16-12(15)11-7-9(2)18-14(11)17-13/h7-8,10H,3-6H2,1-2H3. The van der Waals surface area contributed by atoms with E-state index in [-0.39, 0.29) is 0 Å².